The molecule has 7 heteroatoms. The highest BCUT2D eigenvalue weighted by Crippen LogP contribution is 2.30. The molecule has 2 aromatic rings. The summed E-state index contributed by atoms with van der Waals surface area (Å²) in [6.45, 7) is 6.45. The molecule has 3 rings (SSSR count). The van der Waals surface area contributed by atoms with Gasteiger partial charge in [-0.15, -0.1) is 11.3 Å². The molecule has 0 aliphatic carbocycles. The lowest BCUT2D eigenvalue weighted by molar-refractivity contribution is -0.119. The zero-order valence-electron chi connectivity index (χ0n) is 14.7. The Morgan fingerprint density at radius 1 is 1.40 bits per heavy atom. The van der Waals surface area contributed by atoms with Gasteiger partial charge in [-0.1, -0.05) is 6.92 Å². The van der Waals surface area contributed by atoms with Gasteiger partial charge in [0.1, 0.15) is 17.2 Å². The molecule has 3 heterocycles. The van der Waals surface area contributed by atoms with Gasteiger partial charge in [-0.3, -0.25) is 9.59 Å². The first-order valence-corrected chi connectivity index (χ1v) is 9.43. The largest absolute Gasteiger partial charge is 0.466 e. The SMILES string of the molecule is CCCc1nc(C(=O)N2C[C@H](NC(C)=O)[C@@H](c3ccc(C)o3)C2)cs1. The molecule has 0 spiro atoms. The molecule has 0 radical (unpaired) electrons. The Morgan fingerprint density at radius 3 is 2.84 bits per heavy atom. The summed E-state index contributed by atoms with van der Waals surface area (Å²) < 4.78 is 5.75. The van der Waals surface area contributed by atoms with Crippen molar-refractivity contribution in [3.8, 4) is 0 Å². The van der Waals surface area contributed by atoms with Gasteiger partial charge in [0.2, 0.25) is 5.91 Å². The van der Waals surface area contributed by atoms with Crippen LogP contribution in [0, 0.1) is 6.92 Å². The molecular formula is C18H23N3O3S. The molecule has 1 fully saturated rings. The van der Waals surface area contributed by atoms with Crippen molar-refractivity contribution in [2.75, 3.05) is 13.1 Å². The van der Waals surface area contributed by atoms with Gasteiger partial charge >= 0.3 is 0 Å². The number of thiazole rings is 1. The van der Waals surface area contributed by atoms with Crippen molar-refractivity contribution >= 4 is 23.2 Å². The average Bonchev–Trinajstić information content (AvgIpc) is 3.26. The molecule has 6 nitrogen and oxygen atoms in total. The third-order valence-corrected chi connectivity index (χ3v) is 5.27. The lowest BCUT2D eigenvalue weighted by Gasteiger charge is -2.16. The normalized spacial score (nSPS) is 20.0. The van der Waals surface area contributed by atoms with E-state index in [-0.39, 0.29) is 23.8 Å². The average molecular weight is 361 g/mol. The minimum Gasteiger partial charge on any atom is -0.466 e. The first-order chi connectivity index (χ1) is 12.0. The van der Waals surface area contributed by atoms with Gasteiger partial charge in [0, 0.05) is 25.4 Å². The summed E-state index contributed by atoms with van der Waals surface area (Å²) in [6.07, 6.45) is 1.90. The zero-order chi connectivity index (χ0) is 18.0. The minimum absolute atomic E-state index is 0.0460. The van der Waals surface area contributed by atoms with Crippen LogP contribution in [0.25, 0.3) is 0 Å². The Labute approximate surface area is 151 Å². The van der Waals surface area contributed by atoms with Crippen LogP contribution in [0.1, 0.15) is 53.2 Å². The third-order valence-electron chi connectivity index (χ3n) is 4.36. The topological polar surface area (TPSA) is 75.4 Å². The smallest absolute Gasteiger partial charge is 0.273 e. The molecule has 0 bridgehead atoms. The van der Waals surface area contributed by atoms with E-state index < -0.39 is 0 Å². The molecule has 1 aliphatic rings. The van der Waals surface area contributed by atoms with Gasteiger partial charge in [0.25, 0.3) is 5.91 Å². The van der Waals surface area contributed by atoms with E-state index >= 15 is 0 Å². The van der Waals surface area contributed by atoms with E-state index in [1.807, 2.05) is 24.4 Å². The second kappa shape index (κ2) is 7.39. The van der Waals surface area contributed by atoms with Gasteiger partial charge in [-0.2, -0.15) is 0 Å². The summed E-state index contributed by atoms with van der Waals surface area (Å²) in [5.74, 6) is 1.39. The fraction of sp³-hybridized carbons (Fsp3) is 0.500. The highest BCUT2D eigenvalue weighted by Gasteiger charge is 2.39. The third kappa shape index (κ3) is 3.92. The van der Waals surface area contributed by atoms with Crippen molar-refractivity contribution in [3.63, 3.8) is 0 Å². The van der Waals surface area contributed by atoms with Crippen LogP contribution in [0.15, 0.2) is 21.9 Å². The number of aromatic nitrogens is 1. The lowest BCUT2D eigenvalue weighted by atomic mass is 10.0. The number of carbonyl (C=O) groups is 2. The molecular weight excluding hydrogens is 338 g/mol. The van der Waals surface area contributed by atoms with E-state index in [0.29, 0.717) is 18.8 Å². The highest BCUT2D eigenvalue weighted by molar-refractivity contribution is 7.09. The van der Waals surface area contributed by atoms with Crippen LogP contribution in [-0.2, 0) is 11.2 Å². The van der Waals surface area contributed by atoms with Crippen molar-refractivity contribution < 1.29 is 14.0 Å². The van der Waals surface area contributed by atoms with E-state index in [0.717, 1.165) is 29.4 Å². The molecule has 0 unspecified atom stereocenters. The summed E-state index contributed by atoms with van der Waals surface area (Å²) in [4.78, 5) is 30.6. The lowest BCUT2D eigenvalue weighted by Crippen LogP contribution is -2.39. The standard InChI is InChI=1S/C18H23N3O3S/c1-4-5-17-20-15(10-25-17)18(23)21-8-13(14(9-21)19-12(3)22)16-7-6-11(2)24-16/h6-7,10,13-14H,4-5,8-9H2,1-3H3,(H,19,22)/t13-,14-/m0/s1. The molecule has 0 saturated carbocycles. The fourth-order valence-corrected chi connectivity index (χ4v) is 4.09. The molecule has 2 atom stereocenters. The monoisotopic (exact) mass is 361 g/mol. The van der Waals surface area contributed by atoms with E-state index in [4.69, 9.17) is 4.42 Å². The van der Waals surface area contributed by atoms with Crippen molar-refractivity contribution in [2.45, 2.75) is 45.6 Å². The van der Waals surface area contributed by atoms with Crippen LogP contribution in [0.2, 0.25) is 0 Å². The van der Waals surface area contributed by atoms with E-state index in [1.165, 1.54) is 18.3 Å². The summed E-state index contributed by atoms with van der Waals surface area (Å²) in [7, 11) is 0. The van der Waals surface area contributed by atoms with Crippen LogP contribution in [0.4, 0.5) is 0 Å². The van der Waals surface area contributed by atoms with E-state index in [9.17, 15) is 9.59 Å². The first-order valence-electron chi connectivity index (χ1n) is 8.55. The number of aryl methyl sites for hydroxylation is 2. The summed E-state index contributed by atoms with van der Waals surface area (Å²) in [5, 5.41) is 5.76. The van der Waals surface area contributed by atoms with Gasteiger partial charge in [-0.05, 0) is 31.9 Å². The molecule has 1 aliphatic heterocycles. The maximum Gasteiger partial charge on any atom is 0.273 e. The Morgan fingerprint density at radius 2 is 2.20 bits per heavy atom. The van der Waals surface area contributed by atoms with E-state index in [1.54, 1.807) is 4.90 Å². The number of likely N-dealkylation sites (tertiary alicyclic amines) is 1. The Bertz CT molecular complexity index is 767. The predicted octanol–water partition coefficient (Wildman–Crippen LogP) is 2.74. The van der Waals surface area contributed by atoms with Gasteiger partial charge in [-0.25, -0.2) is 4.98 Å². The minimum atomic E-state index is -0.152. The molecule has 134 valence electrons. The summed E-state index contributed by atoms with van der Waals surface area (Å²) >= 11 is 1.53. The maximum absolute atomic E-state index is 12.8. The van der Waals surface area contributed by atoms with Crippen LogP contribution < -0.4 is 5.32 Å². The second-order valence-corrected chi connectivity index (χ2v) is 7.39. The van der Waals surface area contributed by atoms with Crippen molar-refractivity contribution in [1.29, 1.82) is 0 Å². The van der Waals surface area contributed by atoms with Crippen molar-refractivity contribution in [1.82, 2.24) is 15.2 Å². The molecule has 1 N–H and O–H groups in total. The van der Waals surface area contributed by atoms with Gasteiger partial charge < -0.3 is 14.6 Å². The zero-order valence-corrected chi connectivity index (χ0v) is 15.6. The molecule has 1 saturated heterocycles. The second-order valence-electron chi connectivity index (χ2n) is 6.45. The number of nitrogens with one attached hydrogen (secondary N) is 1. The van der Waals surface area contributed by atoms with Crippen LogP contribution in [-0.4, -0.2) is 40.8 Å². The van der Waals surface area contributed by atoms with Crippen molar-refractivity contribution in [2.24, 2.45) is 0 Å². The number of carbonyl (C=O) groups excluding carboxylic acids is 2. The number of hydrogen-bond acceptors (Lipinski definition) is 5. The van der Waals surface area contributed by atoms with Gasteiger partial charge in [0.15, 0.2) is 0 Å². The molecule has 0 aromatic carbocycles. The van der Waals surface area contributed by atoms with Crippen molar-refractivity contribution in [3.05, 3.63) is 39.7 Å². The molecule has 25 heavy (non-hydrogen) atoms. The Hall–Kier alpha value is -2.15. The molecule has 2 aromatic heterocycles. The van der Waals surface area contributed by atoms with E-state index in [2.05, 4.69) is 17.2 Å². The first kappa shape index (κ1) is 17.7. The van der Waals surface area contributed by atoms with Crippen LogP contribution >= 0.6 is 11.3 Å². The Kier molecular flexibility index (Phi) is 5.22. The summed E-state index contributed by atoms with van der Waals surface area (Å²) in [5.41, 5.74) is 0.492. The van der Waals surface area contributed by atoms with Crippen LogP contribution in [0.5, 0.6) is 0 Å². The summed E-state index contributed by atoms with van der Waals surface area (Å²) in [6, 6.07) is 3.67. The Balaban J connectivity index is 1.78. The maximum atomic E-state index is 12.8. The fourth-order valence-electron chi connectivity index (χ4n) is 3.22. The van der Waals surface area contributed by atoms with Gasteiger partial charge in [0.05, 0.1) is 17.0 Å². The number of furan rings is 1. The highest BCUT2D eigenvalue weighted by atomic mass is 32.1. The molecule has 2 amide bonds. The number of hydrogen-bond donors (Lipinski definition) is 1. The quantitative estimate of drug-likeness (QED) is 0.888. The van der Waals surface area contributed by atoms with Crippen LogP contribution in [0.3, 0.4) is 0 Å². The number of rotatable bonds is 5. The number of amides is 2. The number of nitrogens with zero attached hydrogens (tertiary/aromatic N) is 2. The predicted molar refractivity (Wildman–Crippen MR) is 95.8 cm³/mol.